The maximum absolute atomic E-state index is 12.4. The summed E-state index contributed by atoms with van der Waals surface area (Å²) in [4.78, 5) is 36.6. The monoisotopic (exact) mass is 345 g/mol. The first-order valence-electron chi connectivity index (χ1n) is 8.97. The van der Waals surface area contributed by atoms with E-state index in [0.29, 0.717) is 12.2 Å². The van der Waals surface area contributed by atoms with Crippen LogP contribution in [0.1, 0.15) is 23.3 Å². The quantitative estimate of drug-likeness (QED) is 0.797. The van der Waals surface area contributed by atoms with E-state index in [0.717, 1.165) is 45.0 Å². The van der Waals surface area contributed by atoms with Gasteiger partial charge in [-0.15, -0.1) is 0 Å². The number of nitrogens with zero attached hydrogens (tertiary/aromatic N) is 5. The van der Waals surface area contributed by atoms with Gasteiger partial charge in [-0.2, -0.15) is 0 Å². The summed E-state index contributed by atoms with van der Waals surface area (Å²) in [5, 5.41) is 0. The van der Waals surface area contributed by atoms with Gasteiger partial charge in [0, 0.05) is 52.2 Å². The van der Waals surface area contributed by atoms with Crippen LogP contribution in [-0.2, 0) is 4.79 Å². The molecule has 7 heteroatoms. The lowest BCUT2D eigenvalue weighted by molar-refractivity contribution is -0.132. The fraction of sp³-hybridized carbons (Fsp3) is 0.611. The van der Waals surface area contributed by atoms with Crippen molar-refractivity contribution in [3.05, 3.63) is 24.0 Å². The number of piperazine rings is 1. The number of amides is 2. The second-order valence-corrected chi connectivity index (χ2v) is 6.95. The van der Waals surface area contributed by atoms with Gasteiger partial charge in [0.25, 0.3) is 5.91 Å². The zero-order chi connectivity index (χ0) is 17.8. The second-order valence-electron chi connectivity index (χ2n) is 6.95. The molecule has 3 heterocycles. The predicted octanol–water partition coefficient (Wildman–Crippen LogP) is 0.528. The summed E-state index contributed by atoms with van der Waals surface area (Å²) < 4.78 is 0. The number of hydrogen-bond donors (Lipinski definition) is 0. The van der Waals surface area contributed by atoms with Gasteiger partial charge in [0.2, 0.25) is 5.91 Å². The summed E-state index contributed by atoms with van der Waals surface area (Å²) >= 11 is 0. The molecule has 0 atom stereocenters. The van der Waals surface area contributed by atoms with Crippen LogP contribution in [0.15, 0.2) is 18.3 Å². The van der Waals surface area contributed by atoms with Crippen molar-refractivity contribution in [1.29, 1.82) is 0 Å². The van der Waals surface area contributed by atoms with Gasteiger partial charge < -0.3 is 14.7 Å². The Labute approximate surface area is 149 Å². The first kappa shape index (κ1) is 17.7. The molecule has 0 spiro atoms. The van der Waals surface area contributed by atoms with E-state index in [1.807, 2.05) is 17.0 Å². The lowest BCUT2D eigenvalue weighted by atomic mass is 10.2. The molecule has 0 bridgehead atoms. The fourth-order valence-corrected chi connectivity index (χ4v) is 3.41. The number of carbonyl (C=O) groups excluding carboxylic acids is 2. The van der Waals surface area contributed by atoms with E-state index in [-0.39, 0.29) is 11.8 Å². The molecule has 25 heavy (non-hydrogen) atoms. The van der Waals surface area contributed by atoms with Crippen molar-refractivity contribution < 1.29 is 9.59 Å². The Morgan fingerprint density at radius 2 is 1.76 bits per heavy atom. The number of anilines is 1. The van der Waals surface area contributed by atoms with Crippen molar-refractivity contribution >= 4 is 17.5 Å². The molecule has 0 unspecified atom stereocenters. The fourth-order valence-electron chi connectivity index (χ4n) is 3.41. The van der Waals surface area contributed by atoms with Gasteiger partial charge in [-0.25, -0.2) is 0 Å². The molecule has 2 aliphatic rings. The third-order valence-corrected chi connectivity index (χ3v) is 4.92. The number of carbonyl (C=O) groups is 2. The molecular formula is C18H27N5O2. The topological polar surface area (TPSA) is 60.0 Å². The van der Waals surface area contributed by atoms with Crippen molar-refractivity contribution in [2.24, 2.45) is 0 Å². The number of likely N-dealkylation sites (tertiary alicyclic amines) is 1. The summed E-state index contributed by atoms with van der Waals surface area (Å²) in [5.41, 5.74) is 1.45. The normalized spacial score (nSPS) is 18.5. The molecule has 0 N–H and O–H groups in total. The van der Waals surface area contributed by atoms with Crippen molar-refractivity contribution in [3.63, 3.8) is 0 Å². The minimum Gasteiger partial charge on any atom is -0.368 e. The van der Waals surface area contributed by atoms with Gasteiger partial charge in [-0.1, -0.05) is 0 Å². The average Bonchev–Trinajstić information content (AvgIpc) is 3.14. The molecule has 0 aliphatic carbocycles. The maximum Gasteiger partial charge on any atom is 0.272 e. The van der Waals surface area contributed by atoms with E-state index in [9.17, 15) is 9.59 Å². The van der Waals surface area contributed by atoms with Crippen molar-refractivity contribution in [2.75, 3.05) is 64.8 Å². The minimum absolute atomic E-state index is 0.0960. The molecule has 0 aromatic carbocycles. The van der Waals surface area contributed by atoms with Gasteiger partial charge >= 0.3 is 0 Å². The molecule has 2 aliphatic heterocycles. The van der Waals surface area contributed by atoms with E-state index in [4.69, 9.17) is 0 Å². The lowest BCUT2D eigenvalue weighted by Gasteiger charge is -2.36. The zero-order valence-corrected chi connectivity index (χ0v) is 15.1. The summed E-state index contributed by atoms with van der Waals surface area (Å²) in [5.74, 6) is 0.140. The van der Waals surface area contributed by atoms with Crippen molar-refractivity contribution in [2.45, 2.75) is 12.8 Å². The van der Waals surface area contributed by atoms with Gasteiger partial charge in [-0.05, 0) is 38.1 Å². The molecule has 3 rings (SSSR count). The first-order valence-corrected chi connectivity index (χ1v) is 8.97. The Morgan fingerprint density at radius 3 is 2.40 bits per heavy atom. The number of hydrogen-bond acceptors (Lipinski definition) is 5. The van der Waals surface area contributed by atoms with E-state index in [2.05, 4.69) is 14.8 Å². The Kier molecular flexibility index (Phi) is 5.53. The Hall–Kier alpha value is -2.15. The van der Waals surface area contributed by atoms with Crippen LogP contribution in [0.4, 0.5) is 5.69 Å². The van der Waals surface area contributed by atoms with E-state index in [1.54, 1.807) is 20.3 Å². The van der Waals surface area contributed by atoms with Crippen LogP contribution in [0, 0.1) is 0 Å². The molecule has 136 valence electrons. The molecule has 1 aromatic heterocycles. The van der Waals surface area contributed by atoms with Gasteiger partial charge in [0.15, 0.2) is 0 Å². The number of rotatable bonds is 4. The summed E-state index contributed by atoms with van der Waals surface area (Å²) in [6.45, 7) is 5.67. The van der Waals surface area contributed by atoms with Gasteiger partial charge in [0.1, 0.15) is 5.69 Å². The van der Waals surface area contributed by atoms with Crippen molar-refractivity contribution in [1.82, 2.24) is 19.7 Å². The summed E-state index contributed by atoms with van der Waals surface area (Å²) in [7, 11) is 3.45. The van der Waals surface area contributed by atoms with Crippen LogP contribution in [0.5, 0.6) is 0 Å². The highest BCUT2D eigenvalue weighted by atomic mass is 16.2. The van der Waals surface area contributed by atoms with Crippen LogP contribution >= 0.6 is 0 Å². The van der Waals surface area contributed by atoms with E-state index in [1.165, 1.54) is 17.7 Å². The van der Waals surface area contributed by atoms with Crippen LogP contribution in [0.25, 0.3) is 0 Å². The van der Waals surface area contributed by atoms with Crippen LogP contribution in [0.2, 0.25) is 0 Å². The molecule has 0 saturated carbocycles. The minimum atomic E-state index is -0.0960. The van der Waals surface area contributed by atoms with E-state index >= 15 is 0 Å². The SMILES string of the molecule is CN(C)C(=O)c1cc(N2CCN(C(=O)CN3CCCC3)CC2)ccn1. The molecule has 2 amide bonds. The Morgan fingerprint density at radius 1 is 1.08 bits per heavy atom. The smallest absolute Gasteiger partial charge is 0.272 e. The average molecular weight is 345 g/mol. The molecule has 7 nitrogen and oxygen atoms in total. The predicted molar refractivity (Wildman–Crippen MR) is 96.7 cm³/mol. The number of pyridine rings is 1. The molecule has 1 aromatic rings. The zero-order valence-electron chi connectivity index (χ0n) is 15.1. The van der Waals surface area contributed by atoms with E-state index < -0.39 is 0 Å². The third kappa shape index (κ3) is 4.28. The van der Waals surface area contributed by atoms with Gasteiger partial charge in [-0.3, -0.25) is 19.5 Å². The summed E-state index contributed by atoms with van der Waals surface area (Å²) in [6.07, 6.45) is 4.09. The van der Waals surface area contributed by atoms with Gasteiger partial charge in [0.05, 0.1) is 6.54 Å². The van der Waals surface area contributed by atoms with Crippen LogP contribution in [-0.4, -0.2) is 91.4 Å². The second kappa shape index (κ2) is 7.82. The highest BCUT2D eigenvalue weighted by molar-refractivity contribution is 5.92. The summed E-state index contributed by atoms with van der Waals surface area (Å²) in [6, 6.07) is 3.76. The Balaban J connectivity index is 1.56. The molecule has 2 saturated heterocycles. The molecular weight excluding hydrogens is 318 g/mol. The highest BCUT2D eigenvalue weighted by Crippen LogP contribution is 2.18. The first-order chi connectivity index (χ1) is 12.0. The van der Waals surface area contributed by atoms with Crippen molar-refractivity contribution in [3.8, 4) is 0 Å². The molecule has 0 radical (unpaired) electrons. The third-order valence-electron chi connectivity index (χ3n) is 4.92. The maximum atomic E-state index is 12.4. The van der Waals surface area contributed by atoms with Crippen LogP contribution in [0.3, 0.4) is 0 Å². The highest BCUT2D eigenvalue weighted by Gasteiger charge is 2.24. The lowest BCUT2D eigenvalue weighted by Crippen LogP contribution is -2.51. The number of aromatic nitrogens is 1. The van der Waals surface area contributed by atoms with Crippen LogP contribution < -0.4 is 4.90 Å². The standard InChI is InChI=1S/C18H27N5O2/c1-20(2)18(25)16-13-15(5-6-19-16)22-9-11-23(12-10-22)17(24)14-21-7-3-4-8-21/h5-6,13H,3-4,7-12,14H2,1-2H3. The largest absolute Gasteiger partial charge is 0.368 e. The molecule has 2 fully saturated rings. The Bertz CT molecular complexity index is 620.